The van der Waals surface area contributed by atoms with Crippen LogP contribution in [0.15, 0.2) is 43.1 Å². The Morgan fingerprint density at radius 1 is 0.857 bits per heavy atom. The van der Waals surface area contributed by atoms with Gasteiger partial charge in [0.15, 0.2) is 0 Å². The van der Waals surface area contributed by atoms with E-state index in [1.165, 1.54) is 0 Å². The lowest BCUT2D eigenvalue weighted by Crippen LogP contribution is -2.13. The molecule has 0 aromatic heterocycles. The van der Waals surface area contributed by atoms with Crippen LogP contribution in [-0.2, 0) is 27.9 Å². The number of azide groups is 2. The summed E-state index contributed by atoms with van der Waals surface area (Å²) in [5.74, 6) is 0. The average molecular weight is 352 g/mol. The first-order chi connectivity index (χ1) is 9.58. The Morgan fingerprint density at radius 2 is 1.38 bits per heavy atom. The van der Waals surface area contributed by atoms with Gasteiger partial charge in [0.1, 0.15) is 0 Å². The fraction of sp³-hybridized carbons (Fsp3) is 0. The number of hydrogen-bond acceptors (Lipinski definition) is 6. The van der Waals surface area contributed by atoms with E-state index in [0.717, 1.165) is 18.2 Å². The molecule has 0 saturated heterocycles. The summed E-state index contributed by atoms with van der Waals surface area (Å²) >= 11 is 0. The van der Waals surface area contributed by atoms with Crippen molar-refractivity contribution >= 4 is 27.9 Å². The van der Waals surface area contributed by atoms with E-state index in [0.29, 0.717) is 6.07 Å². The molecule has 0 atom stereocenters. The Kier molecular flexibility index (Phi) is 4.46. The Morgan fingerprint density at radius 3 is 1.90 bits per heavy atom. The van der Waals surface area contributed by atoms with Crippen LogP contribution in [-0.4, -0.2) is 25.3 Å². The Labute approximate surface area is 117 Å². The largest absolute Gasteiger partial charge is 0.345 e. The van der Waals surface area contributed by atoms with E-state index in [9.17, 15) is 25.3 Å². The van der Waals surface area contributed by atoms with Gasteiger partial charge in [-0.25, -0.2) is 25.3 Å². The minimum absolute atomic E-state index is 0.462. The molecule has 12 nitrogen and oxygen atoms in total. The third-order valence-corrected chi connectivity index (χ3v) is 7.19. The molecule has 0 bridgehead atoms. The second-order valence-electron chi connectivity index (χ2n) is 3.17. The van der Waals surface area contributed by atoms with E-state index in [4.69, 9.17) is 11.1 Å². The highest BCUT2D eigenvalue weighted by atomic mass is 33.2. The number of sulfonamides is 1. The molecule has 0 aliphatic heterocycles. The van der Waals surface area contributed by atoms with Crippen LogP contribution < -0.4 is 0 Å². The van der Waals surface area contributed by atoms with Gasteiger partial charge in [0.25, 0.3) is 18.9 Å². The van der Waals surface area contributed by atoms with Gasteiger partial charge in [-0.05, 0) is 29.3 Å². The Balaban J connectivity index is 3.64. The van der Waals surface area contributed by atoms with Crippen LogP contribution >= 0.6 is 0 Å². The van der Waals surface area contributed by atoms with Gasteiger partial charge < -0.3 is 0 Å². The first-order valence-corrected chi connectivity index (χ1v) is 9.44. The molecule has 21 heavy (non-hydrogen) atoms. The van der Waals surface area contributed by atoms with Gasteiger partial charge in [-0.3, -0.25) is 0 Å². The second kappa shape index (κ2) is 5.59. The van der Waals surface area contributed by atoms with Crippen molar-refractivity contribution in [3.05, 3.63) is 45.2 Å². The minimum Gasteiger partial charge on any atom is -0.216 e. The maximum atomic E-state index is 11.7. The summed E-state index contributed by atoms with van der Waals surface area (Å²) in [6.07, 6.45) is 0. The number of nitrogens with zero attached hydrogens (tertiary/aromatic N) is 6. The van der Waals surface area contributed by atoms with Gasteiger partial charge in [0, 0.05) is 18.9 Å². The summed E-state index contributed by atoms with van der Waals surface area (Å²) in [4.78, 5) is 2.24. The zero-order valence-corrected chi connectivity index (χ0v) is 12.1. The molecule has 0 unspecified atom stereocenters. The third kappa shape index (κ3) is 3.24. The lowest BCUT2D eigenvalue weighted by molar-refractivity contribution is 0.582. The van der Waals surface area contributed by atoms with Crippen molar-refractivity contribution in [3.63, 3.8) is 0 Å². The first kappa shape index (κ1) is 16.7. The predicted molar refractivity (Wildman–Crippen MR) is 68.0 cm³/mol. The van der Waals surface area contributed by atoms with Crippen molar-refractivity contribution in [1.82, 2.24) is 0 Å². The SMILES string of the molecule is [N-]=[N+]=NS(=O)(=O)c1cccc(S(=O)(=O)S(=O)(=O)N=[N+]=[N-])c1. The first-order valence-electron chi connectivity index (χ1n) is 4.56. The van der Waals surface area contributed by atoms with Gasteiger partial charge >= 0.3 is 9.06 Å². The molecule has 0 aliphatic rings. The van der Waals surface area contributed by atoms with Crippen molar-refractivity contribution in [1.29, 1.82) is 0 Å². The molecule has 0 aliphatic carbocycles. The molecule has 0 heterocycles. The highest BCUT2D eigenvalue weighted by Crippen LogP contribution is 2.22. The molecule has 15 heteroatoms. The number of benzene rings is 1. The Bertz CT molecular complexity index is 981. The standard InChI is InChI=1S/C6H4N6O6S3/c7-9-11-19(13,14)5-2-1-3-6(4-5)20(15,16)21(17,18)12-10-8/h1-4H. The second-order valence-corrected chi connectivity index (χ2v) is 9.74. The van der Waals surface area contributed by atoms with Crippen LogP contribution in [0.3, 0.4) is 0 Å². The molecule has 1 aromatic carbocycles. The summed E-state index contributed by atoms with van der Waals surface area (Å²) in [6, 6.07) is 3.04. The van der Waals surface area contributed by atoms with Gasteiger partial charge in [-0.1, -0.05) is 6.07 Å². The van der Waals surface area contributed by atoms with Gasteiger partial charge in [-0.15, -0.1) is 0 Å². The minimum atomic E-state index is -5.26. The quantitative estimate of drug-likeness (QED) is 0.327. The summed E-state index contributed by atoms with van der Waals surface area (Å²) in [5, 5.41) is 0. The lowest BCUT2D eigenvalue weighted by Gasteiger charge is -2.03. The van der Waals surface area contributed by atoms with E-state index < -0.39 is 37.7 Å². The van der Waals surface area contributed by atoms with Crippen LogP contribution in [0, 0.1) is 0 Å². The summed E-state index contributed by atoms with van der Waals surface area (Å²) in [6.45, 7) is 0. The molecule has 0 radical (unpaired) electrons. The molecule has 1 rings (SSSR count). The maximum Gasteiger partial charge on any atom is 0.345 e. The molecule has 1 aromatic rings. The van der Waals surface area contributed by atoms with E-state index in [2.05, 4.69) is 14.0 Å². The Hall–Kier alpha value is -2.31. The van der Waals surface area contributed by atoms with Crippen LogP contribution in [0.25, 0.3) is 20.9 Å². The van der Waals surface area contributed by atoms with Crippen molar-refractivity contribution < 1.29 is 25.3 Å². The highest BCUT2D eigenvalue weighted by Gasteiger charge is 2.32. The summed E-state index contributed by atoms with van der Waals surface area (Å²) < 4.78 is 73.6. The third-order valence-electron chi connectivity index (χ3n) is 1.95. The van der Waals surface area contributed by atoms with Gasteiger partial charge in [0.05, 0.1) is 9.79 Å². The fourth-order valence-electron chi connectivity index (χ4n) is 1.10. The number of rotatable bonds is 5. The number of hydrogen-bond donors (Lipinski definition) is 0. The lowest BCUT2D eigenvalue weighted by atomic mass is 10.4. The van der Waals surface area contributed by atoms with Crippen LogP contribution in [0.2, 0.25) is 0 Å². The maximum absolute atomic E-state index is 11.7. The van der Waals surface area contributed by atoms with Crippen molar-refractivity contribution in [2.45, 2.75) is 9.79 Å². The summed E-state index contributed by atoms with van der Waals surface area (Å²) in [5.41, 5.74) is 16.1. The molecule has 0 N–H and O–H groups in total. The fourth-order valence-corrected chi connectivity index (χ4v) is 4.22. The van der Waals surface area contributed by atoms with E-state index in [-0.39, 0.29) is 0 Å². The molecule has 112 valence electrons. The highest BCUT2D eigenvalue weighted by molar-refractivity contribution is 8.66. The molecular formula is C6H4N6O6S3. The van der Waals surface area contributed by atoms with E-state index in [1.807, 2.05) is 4.91 Å². The molecule has 0 amide bonds. The monoisotopic (exact) mass is 352 g/mol. The molecule has 0 saturated carbocycles. The average Bonchev–Trinajstić information content (AvgIpc) is 2.38. The van der Waals surface area contributed by atoms with Gasteiger partial charge in [0.2, 0.25) is 0 Å². The molecule has 0 spiro atoms. The van der Waals surface area contributed by atoms with E-state index >= 15 is 0 Å². The van der Waals surface area contributed by atoms with Crippen molar-refractivity contribution in [3.8, 4) is 0 Å². The van der Waals surface area contributed by atoms with Crippen LogP contribution in [0.4, 0.5) is 0 Å². The van der Waals surface area contributed by atoms with Gasteiger partial charge in [-0.2, -0.15) is 0 Å². The molecular weight excluding hydrogens is 348 g/mol. The molecule has 0 fully saturated rings. The zero-order chi connectivity index (χ0) is 16.3. The van der Waals surface area contributed by atoms with Crippen molar-refractivity contribution in [2.75, 3.05) is 0 Å². The topological polar surface area (TPSA) is 200 Å². The predicted octanol–water partition coefficient (Wildman–Crippen LogP) is 1.01. The summed E-state index contributed by atoms with van der Waals surface area (Å²) in [7, 11) is -14.9. The normalized spacial score (nSPS) is 12.0. The van der Waals surface area contributed by atoms with Crippen LogP contribution in [0.5, 0.6) is 0 Å². The van der Waals surface area contributed by atoms with E-state index in [1.54, 1.807) is 0 Å². The zero-order valence-electron chi connectivity index (χ0n) is 9.67. The van der Waals surface area contributed by atoms with Crippen LogP contribution in [0.1, 0.15) is 0 Å². The van der Waals surface area contributed by atoms with Crippen molar-refractivity contribution in [2.24, 2.45) is 9.04 Å². The smallest absolute Gasteiger partial charge is 0.216 e.